The van der Waals surface area contributed by atoms with Gasteiger partial charge in [0.05, 0.1) is 12.4 Å². The third kappa shape index (κ3) is 24.9. The molecule has 13 N–H and O–H groups in total. The molecule has 358 valence electrons. The Hall–Kier alpha value is -7.16. The van der Waals surface area contributed by atoms with Crippen molar-refractivity contribution in [1.82, 2.24) is 52.2 Å². The van der Waals surface area contributed by atoms with E-state index in [0.717, 1.165) is 0 Å². The minimum Gasteiger partial charge on any atom is -0.481 e. The monoisotopic (exact) mass is 918 g/mol. The van der Waals surface area contributed by atoms with Crippen molar-refractivity contribution in [3.63, 3.8) is 0 Å². The summed E-state index contributed by atoms with van der Waals surface area (Å²) in [5.41, 5.74) is 0.433. The molecule has 0 aliphatic carbocycles. The summed E-state index contributed by atoms with van der Waals surface area (Å²) >= 11 is 0. The van der Waals surface area contributed by atoms with Crippen LogP contribution in [-0.4, -0.2) is 161 Å². The summed E-state index contributed by atoms with van der Waals surface area (Å²) in [4.78, 5) is 131. The van der Waals surface area contributed by atoms with E-state index < -0.39 is 141 Å². The number of hydrogen-bond acceptors (Lipinski definition) is 13. The van der Waals surface area contributed by atoms with Gasteiger partial charge in [0.15, 0.2) is 0 Å². The lowest BCUT2D eigenvalue weighted by atomic mass is 10.1. The van der Waals surface area contributed by atoms with Gasteiger partial charge in [-0.3, -0.25) is 28.4 Å². The Morgan fingerprint density at radius 2 is 0.953 bits per heavy atom. The lowest BCUT2D eigenvalue weighted by Crippen LogP contribution is -2.51. The van der Waals surface area contributed by atoms with Gasteiger partial charge in [0.25, 0.3) is 0 Å². The van der Waals surface area contributed by atoms with E-state index in [1.807, 2.05) is 10.6 Å². The average Bonchev–Trinajstić information content (AvgIpc) is 3.64. The second-order valence-electron chi connectivity index (χ2n) is 14.2. The summed E-state index contributed by atoms with van der Waals surface area (Å²) in [7, 11) is 0. The number of alkyl halides is 1. The molecule has 3 unspecified atom stereocenters. The van der Waals surface area contributed by atoms with Gasteiger partial charge >= 0.3 is 47.9 Å². The fourth-order valence-corrected chi connectivity index (χ4v) is 5.65. The predicted octanol–water partition coefficient (Wildman–Crippen LogP) is -1.84. The van der Waals surface area contributed by atoms with Gasteiger partial charge in [-0.2, -0.15) is 0 Å². The topological polar surface area (TPSA) is 424 Å². The van der Waals surface area contributed by atoms with Crippen LogP contribution in [0, 0.1) is 0 Å². The zero-order valence-corrected chi connectivity index (χ0v) is 34.6. The fraction of sp³-hybridized carbons (Fsp3) is 0.639. The van der Waals surface area contributed by atoms with E-state index in [2.05, 4.69) is 36.9 Å². The van der Waals surface area contributed by atoms with Crippen molar-refractivity contribution in [2.75, 3.05) is 19.8 Å². The molecule has 0 spiro atoms. The first-order chi connectivity index (χ1) is 30.2. The number of amides is 7. The zero-order chi connectivity index (χ0) is 48.2. The smallest absolute Gasteiger partial charge is 0.326 e. The maximum atomic E-state index is 12.9. The Morgan fingerprint density at radius 3 is 1.33 bits per heavy atom. The van der Waals surface area contributed by atoms with Gasteiger partial charge < -0.3 is 67.9 Å². The quantitative estimate of drug-likeness (QED) is 0.0338. The van der Waals surface area contributed by atoms with Gasteiger partial charge in [-0.25, -0.2) is 33.4 Å². The van der Waals surface area contributed by atoms with E-state index in [1.54, 1.807) is 0 Å². The van der Waals surface area contributed by atoms with Crippen molar-refractivity contribution < 1.29 is 87.8 Å². The number of aryl methyl sites for hydroxylation is 1. The molecule has 0 saturated carbocycles. The molecule has 0 aliphatic rings. The molecule has 1 rings (SSSR count). The van der Waals surface area contributed by atoms with Crippen LogP contribution in [0.15, 0.2) is 6.20 Å². The molecule has 1 aromatic heterocycles. The molecular formula is C36H55FN10O17. The fourth-order valence-electron chi connectivity index (χ4n) is 5.65. The van der Waals surface area contributed by atoms with Crippen LogP contribution in [0.5, 0.6) is 0 Å². The molecule has 7 amide bonds. The van der Waals surface area contributed by atoms with Gasteiger partial charge in [0.1, 0.15) is 30.7 Å². The summed E-state index contributed by atoms with van der Waals surface area (Å²) in [6, 6.07) is -9.48. The number of carbonyl (C=O) groups excluding carboxylic acids is 5. The van der Waals surface area contributed by atoms with Crippen LogP contribution in [0.4, 0.5) is 14.0 Å². The van der Waals surface area contributed by atoms with Crippen molar-refractivity contribution in [3.05, 3.63) is 11.9 Å². The van der Waals surface area contributed by atoms with Crippen LogP contribution >= 0.6 is 0 Å². The number of aromatic nitrogens is 3. The third-order valence-electron chi connectivity index (χ3n) is 8.88. The minimum atomic E-state index is -1.59. The summed E-state index contributed by atoms with van der Waals surface area (Å²) in [5, 5.41) is 78.6. The number of carbonyl (C=O) groups is 11. The summed E-state index contributed by atoms with van der Waals surface area (Å²) < 4.78 is 13.7. The van der Waals surface area contributed by atoms with Crippen molar-refractivity contribution >= 4 is 65.6 Å². The standard InChI is InChI=1S/C36H55FN10O17/c37-13-5-6-20-18-47(46-45-20)19-28(50)40-21(16-26(48)38-14-3-1-7-22(31(55)56)41-35(63)43-24(33(59)60)9-11-29(51)52)17-27(49)39-15-4-2-8-23(32(57)58)42-36(64)44-25(34(61)62)10-12-30(53)54/h18,21-25H,1-17,19H2,(H,38,48)(H,39,49)(H,40,50)(H,51,52)(H,53,54)(H,55,56)(H,57,58)(H,59,60)(H,61,62)(H2,41,43,63)(H2,42,44,64)/t21?,22-,23?,24?,25-/m0/s1. The Kier molecular flexibility index (Phi) is 25.7. The molecule has 27 nitrogen and oxygen atoms in total. The molecular weight excluding hydrogens is 863 g/mol. The molecule has 64 heavy (non-hydrogen) atoms. The van der Waals surface area contributed by atoms with Crippen molar-refractivity contribution in [3.8, 4) is 0 Å². The molecule has 1 heterocycles. The molecule has 0 aliphatic heterocycles. The minimum absolute atomic E-state index is 0.000160. The van der Waals surface area contributed by atoms with Crippen LogP contribution in [0.3, 0.4) is 0 Å². The first-order valence-electron chi connectivity index (χ1n) is 20.0. The summed E-state index contributed by atoms with van der Waals surface area (Å²) in [6.45, 7) is -0.949. The zero-order valence-electron chi connectivity index (χ0n) is 34.6. The van der Waals surface area contributed by atoms with Crippen molar-refractivity contribution in [2.45, 2.75) is 127 Å². The van der Waals surface area contributed by atoms with Gasteiger partial charge in [-0.15, -0.1) is 5.10 Å². The Morgan fingerprint density at radius 1 is 0.547 bits per heavy atom. The van der Waals surface area contributed by atoms with E-state index in [9.17, 15) is 77.6 Å². The third-order valence-corrected chi connectivity index (χ3v) is 8.88. The Bertz CT molecular complexity index is 1690. The van der Waals surface area contributed by atoms with Gasteiger partial charge in [0.2, 0.25) is 17.7 Å². The molecule has 0 saturated heterocycles. The SMILES string of the molecule is O=C(O)CCC(NC(=O)N[C@@H](CCCCNC(=O)CC(CC(=O)NCCCCC(NC(=O)N[C@@H](CCC(=O)O)C(=O)O)C(=O)O)NC(=O)Cn1cc(CCCF)nn1)C(=O)O)C(=O)O. The average molecular weight is 919 g/mol. The molecule has 28 heteroatoms. The van der Waals surface area contributed by atoms with Crippen LogP contribution < -0.4 is 37.2 Å². The summed E-state index contributed by atoms with van der Waals surface area (Å²) in [6.07, 6.45) is -0.543. The largest absolute Gasteiger partial charge is 0.481 e. The number of nitrogens with zero attached hydrogens (tertiary/aromatic N) is 3. The number of aliphatic carboxylic acids is 6. The number of hydrogen-bond donors (Lipinski definition) is 13. The van der Waals surface area contributed by atoms with Crippen LogP contribution in [0.1, 0.15) is 89.2 Å². The number of nitrogens with one attached hydrogen (secondary N) is 7. The maximum absolute atomic E-state index is 12.9. The van der Waals surface area contributed by atoms with Gasteiger partial charge in [-0.1, -0.05) is 5.21 Å². The molecule has 0 radical (unpaired) electrons. The number of rotatable bonds is 34. The first-order valence-corrected chi connectivity index (χ1v) is 20.0. The highest BCUT2D eigenvalue weighted by atomic mass is 19.1. The molecule has 0 aromatic carbocycles. The highest BCUT2D eigenvalue weighted by molar-refractivity contribution is 5.87. The van der Waals surface area contributed by atoms with Crippen LogP contribution in [0.25, 0.3) is 0 Å². The van der Waals surface area contributed by atoms with E-state index in [-0.39, 0.29) is 71.0 Å². The number of halogens is 1. The lowest BCUT2D eigenvalue weighted by Gasteiger charge is -2.19. The number of carboxylic acid groups (broad SMARTS) is 6. The van der Waals surface area contributed by atoms with E-state index in [4.69, 9.17) is 10.2 Å². The molecule has 1 aromatic rings. The lowest BCUT2D eigenvalue weighted by molar-refractivity contribution is -0.142. The van der Waals surface area contributed by atoms with E-state index in [0.29, 0.717) is 5.69 Å². The van der Waals surface area contributed by atoms with Gasteiger partial charge in [0, 0.05) is 51.0 Å². The highest BCUT2D eigenvalue weighted by Crippen LogP contribution is 2.07. The molecule has 0 fully saturated rings. The van der Waals surface area contributed by atoms with Crippen LogP contribution in [-0.2, 0) is 56.1 Å². The normalized spacial score (nSPS) is 13.1. The molecule has 5 atom stereocenters. The second kappa shape index (κ2) is 30.0. The van der Waals surface area contributed by atoms with E-state index >= 15 is 0 Å². The van der Waals surface area contributed by atoms with Crippen LogP contribution in [0.2, 0.25) is 0 Å². The number of carboxylic acids is 6. The van der Waals surface area contributed by atoms with Crippen molar-refractivity contribution in [1.29, 1.82) is 0 Å². The van der Waals surface area contributed by atoms with Gasteiger partial charge in [-0.05, 0) is 64.2 Å². The number of urea groups is 2. The number of unbranched alkanes of at least 4 members (excludes halogenated alkanes) is 2. The Labute approximate surface area is 363 Å². The highest BCUT2D eigenvalue weighted by Gasteiger charge is 2.27. The Balaban J connectivity index is 2.76. The first kappa shape index (κ1) is 54.9. The molecule has 0 bridgehead atoms. The second-order valence-corrected chi connectivity index (χ2v) is 14.2. The maximum Gasteiger partial charge on any atom is 0.326 e. The van der Waals surface area contributed by atoms with Crippen molar-refractivity contribution in [2.24, 2.45) is 0 Å². The van der Waals surface area contributed by atoms with E-state index in [1.165, 1.54) is 10.9 Å². The summed E-state index contributed by atoms with van der Waals surface area (Å²) in [5.74, 6) is -10.4. The predicted molar refractivity (Wildman–Crippen MR) is 212 cm³/mol.